The summed E-state index contributed by atoms with van der Waals surface area (Å²) in [7, 11) is -3.68. The Morgan fingerprint density at radius 1 is 1.21 bits per heavy atom. The summed E-state index contributed by atoms with van der Waals surface area (Å²) < 4.78 is 64.2. The van der Waals surface area contributed by atoms with Crippen LogP contribution in [0.25, 0.3) is 6.08 Å². The van der Waals surface area contributed by atoms with E-state index in [1.165, 1.54) is 6.08 Å². The first-order valence-corrected chi connectivity index (χ1v) is 8.55. The van der Waals surface area contributed by atoms with Crippen LogP contribution in [-0.4, -0.2) is 24.7 Å². The van der Waals surface area contributed by atoms with E-state index in [-0.39, 0.29) is 13.1 Å². The fraction of sp³-hybridized carbons (Fsp3) is 0.267. The third kappa shape index (κ3) is 5.50. The topological polar surface area (TPSA) is 64.0 Å². The molecule has 2 aromatic rings. The molecule has 24 heavy (non-hydrogen) atoms. The van der Waals surface area contributed by atoms with Crippen molar-refractivity contribution in [2.24, 2.45) is 0 Å². The van der Waals surface area contributed by atoms with Crippen LogP contribution in [0.3, 0.4) is 0 Å². The van der Waals surface area contributed by atoms with Crippen molar-refractivity contribution in [3.63, 3.8) is 0 Å². The summed E-state index contributed by atoms with van der Waals surface area (Å²) in [5.74, 6) is 0. The van der Waals surface area contributed by atoms with Gasteiger partial charge in [-0.25, -0.2) is 13.1 Å². The summed E-state index contributed by atoms with van der Waals surface area (Å²) in [5.41, 5.74) is 0.781. The summed E-state index contributed by atoms with van der Waals surface area (Å²) in [6.07, 6.45) is -1.92. The second-order valence-corrected chi connectivity index (χ2v) is 6.77. The maximum absolute atomic E-state index is 12.4. The van der Waals surface area contributed by atoms with Gasteiger partial charge in [-0.15, -0.1) is 0 Å². The van der Waals surface area contributed by atoms with Gasteiger partial charge in [0.05, 0.1) is 6.54 Å². The number of aromatic nitrogens is 2. The molecule has 5 nitrogen and oxygen atoms in total. The lowest BCUT2D eigenvalue weighted by Gasteiger charge is -2.04. The molecule has 0 radical (unpaired) electrons. The number of sulfonamides is 1. The number of halogens is 3. The van der Waals surface area contributed by atoms with Crippen LogP contribution in [0.1, 0.15) is 16.8 Å². The van der Waals surface area contributed by atoms with Crippen molar-refractivity contribution in [1.82, 2.24) is 14.5 Å². The van der Waals surface area contributed by atoms with Gasteiger partial charge < -0.3 is 0 Å². The first-order valence-electron chi connectivity index (χ1n) is 7.01. The largest absolute Gasteiger partial charge is 0.435 e. The molecule has 1 aromatic heterocycles. The number of hydrogen-bond donors (Lipinski definition) is 1. The maximum atomic E-state index is 12.4. The Balaban J connectivity index is 1.88. The lowest BCUT2D eigenvalue weighted by molar-refractivity contribution is -0.141. The molecule has 9 heteroatoms. The monoisotopic (exact) mass is 359 g/mol. The van der Waals surface area contributed by atoms with E-state index in [1.54, 1.807) is 12.1 Å². The van der Waals surface area contributed by atoms with E-state index in [1.807, 2.05) is 19.1 Å². The Hall–Kier alpha value is -2.13. The minimum Gasteiger partial charge on any atom is -0.271 e. The van der Waals surface area contributed by atoms with Crippen LogP contribution in [0.4, 0.5) is 13.2 Å². The minimum absolute atomic E-state index is 0.00627. The zero-order valence-corrected chi connectivity index (χ0v) is 13.6. The van der Waals surface area contributed by atoms with Gasteiger partial charge in [0.25, 0.3) is 0 Å². The van der Waals surface area contributed by atoms with Crippen LogP contribution in [0.15, 0.2) is 41.9 Å². The van der Waals surface area contributed by atoms with Crippen molar-refractivity contribution >= 4 is 16.1 Å². The molecule has 0 atom stereocenters. The Bertz CT molecular complexity index is 809. The molecular formula is C15H16F3N3O2S. The third-order valence-electron chi connectivity index (χ3n) is 3.09. The third-order valence-corrected chi connectivity index (χ3v) is 4.19. The van der Waals surface area contributed by atoms with Gasteiger partial charge in [-0.3, -0.25) is 4.68 Å². The highest BCUT2D eigenvalue weighted by atomic mass is 32.2. The maximum Gasteiger partial charge on any atom is 0.435 e. The molecular weight excluding hydrogens is 343 g/mol. The fourth-order valence-electron chi connectivity index (χ4n) is 1.83. The van der Waals surface area contributed by atoms with Crippen LogP contribution >= 0.6 is 0 Å². The molecule has 0 aliphatic rings. The van der Waals surface area contributed by atoms with Crippen LogP contribution in [0.2, 0.25) is 0 Å². The second kappa shape index (κ2) is 7.18. The van der Waals surface area contributed by atoms with Crippen LogP contribution in [0, 0.1) is 6.92 Å². The lowest BCUT2D eigenvalue weighted by Crippen LogP contribution is -2.25. The average molecular weight is 359 g/mol. The number of hydrogen-bond acceptors (Lipinski definition) is 3. The molecule has 1 heterocycles. The molecule has 0 amide bonds. The van der Waals surface area contributed by atoms with Gasteiger partial charge in [-0.2, -0.15) is 18.3 Å². The Kier molecular flexibility index (Phi) is 5.45. The van der Waals surface area contributed by atoms with Gasteiger partial charge in [-0.1, -0.05) is 29.8 Å². The molecule has 0 spiro atoms. The molecule has 0 unspecified atom stereocenters. The van der Waals surface area contributed by atoms with Crippen molar-refractivity contribution in [1.29, 1.82) is 0 Å². The molecule has 2 rings (SSSR count). The van der Waals surface area contributed by atoms with E-state index >= 15 is 0 Å². The smallest absolute Gasteiger partial charge is 0.271 e. The molecule has 130 valence electrons. The van der Waals surface area contributed by atoms with E-state index < -0.39 is 21.9 Å². The number of nitrogens with zero attached hydrogens (tertiary/aromatic N) is 2. The normalized spacial score (nSPS) is 12.8. The van der Waals surface area contributed by atoms with Gasteiger partial charge in [-0.05, 0) is 24.6 Å². The first kappa shape index (κ1) is 18.2. The van der Waals surface area contributed by atoms with Crippen LogP contribution in [-0.2, 0) is 22.7 Å². The van der Waals surface area contributed by atoms with Gasteiger partial charge in [0.15, 0.2) is 5.69 Å². The zero-order valence-electron chi connectivity index (χ0n) is 12.8. The number of rotatable bonds is 6. The molecule has 0 bridgehead atoms. The number of benzene rings is 1. The number of aryl methyl sites for hydroxylation is 1. The van der Waals surface area contributed by atoms with Gasteiger partial charge in [0, 0.05) is 18.1 Å². The standard InChI is InChI=1S/C15H16F3N3O2S/c1-12-2-4-13(5-3-12)7-11-24(22,23)19-8-10-21-9-6-14(20-21)15(16,17)18/h2-7,9,11,19H,8,10H2,1H3/b11-7+. The van der Waals surface area contributed by atoms with E-state index in [0.29, 0.717) is 0 Å². The van der Waals surface area contributed by atoms with Gasteiger partial charge >= 0.3 is 6.18 Å². The summed E-state index contributed by atoms with van der Waals surface area (Å²) >= 11 is 0. The van der Waals surface area contributed by atoms with Crippen molar-refractivity contribution in [3.8, 4) is 0 Å². The second-order valence-electron chi connectivity index (χ2n) is 5.11. The zero-order chi connectivity index (χ0) is 17.8. The van der Waals surface area contributed by atoms with E-state index in [0.717, 1.165) is 33.5 Å². The average Bonchev–Trinajstić information content (AvgIpc) is 2.96. The van der Waals surface area contributed by atoms with Gasteiger partial charge in [0.2, 0.25) is 10.0 Å². The SMILES string of the molecule is Cc1ccc(/C=C/S(=O)(=O)NCCn2ccc(C(F)(F)F)n2)cc1. The molecule has 0 saturated heterocycles. The van der Waals surface area contributed by atoms with E-state index in [9.17, 15) is 21.6 Å². The van der Waals surface area contributed by atoms with E-state index in [2.05, 4.69) is 9.82 Å². The van der Waals surface area contributed by atoms with Crippen molar-refractivity contribution in [3.05, 3.63) is 58.8 Å². The highest BCUT2D eigenvalue weighted by Gasteiger charge is 2.33. The summed E-state index contributed by atoms with van der Waals surface area (Å²) in [6.45, 7) is 1.85. The predicted molar refractivity (Wildman–Crippen MR) is 84.4 cm³/mol. The minimum atomic E-state index is -4.51. The molecule has 0 aliphatic carbocycles. The molecule has 0 fully saturated rings. The lowest BCUT2D eigenvalue weighted by atomic mass is 10.2. The van der Waals surface area contributed by atoms with Crippen molar-refractivity contribution in [2.45, 2.75) is 19.6 Å². The molecule has 0 saturated carbocycles. The number of alkyl halides is 3. The van der Waals surface area contributed by atoms with Gasteiger partial charge in [0.1, 0.15) is 0 Å². The fourth-order valence-corrected chi connectivity index (χ4v) is 2.64. The highest BCUT2D eigenvalue weighted by Crippen LogP contribution is 2.27. The van der Waals surface area contributed by atoms with Crippen LogP contribution in [0.5, 0.6) is 0 Å². The predicted octanol–water partition coefficient (Wildman–Crippen LogP) is 2.80. The van der Waals surface area contributed by atoms with E-state index in [4.69, 9.17) is 0 Å². The van der Waals surface area contributed by atoms with Crippen molar-refractivity contribution in [2.75, 3.05) is 6.54 Å². The molecule has 1 aromatic carbocycles. The molecule has 0 aliphatic heterocycles. The first-order chi connectivity index (χ1) is 11.2. The Morgan fingerprint density at radius 3 is 2.46 bits per heavy atom. The number of nitrogens with one attached hydrogen (secondary N) is 1. The summed E-state index contributed by atoms with van der Waals surface area (Å²) in [6, 6.07) is 8.12. The summed E-state index contributed by atoms with van der Waals surface area (Å²) in [5, 5.41) is 4.36. The molecule has 1 N–H and O–H groups in total. The Labute approximate surface area is 137 Å². The highest BCUT2D eigenvalue weighted by molar-refractivity contribution is 7.92. The summed E-state index contributed by atoms with van der Waals surface area (Å²) in [4.78, 5) is 0. The Morgan fingerprint density at radius 2 is 1.88 bits per heavy atom. The van der Waals surface area contributed by atoms with Crippen molar-refractivity contribution < 1.29 is 21.6 Å². The van der Waals surface area contributed by atoms with Crippen LogP contribution < -0.4 is 4.72 Å². The quantitative estimate of drug-likeness (QED) is 0.863.